The molecule has 0 spiro atoms. The third kappa shape index (κ3) is 2.39. The van der Waals surface area contributed by atoms with Gasteiger partial charge in [0.15, 0.2) is 0 Å². The lowest BCUT2D eigenvalue weighted by atomic mass is 9.84. The van der Waals surface area contributed by atoms with Crippen molar-refractivity contribution in [3.8, 4) is 0 Å². The van der Waals surface area contributed by atoms with E-state index in [9.17, 15) is 14.7 Å². The summed E-state index contributed by atoms with van der Waals surface area (Å²) >= 11 is 1.11. The molecule has 23 heavy (non-hydrogen) atoms. The zero-order chi connectivity index (χ0) is 16.0. The van der Waals surface area contributed by atoms with Crippen LogP contribution in [0.15, 0.2) is 26.9 Å². The summed E-state index contributed by atoms with van der Waals surface area (Å²) in [5.41, 5.74) is 1.95. The van der Waals surface area contributed by atoms with Crippen molar-refractivity contribution in [2.24, 2.45) is 14.6 Å². The smallest absolute Gasteiger partial charge is 0.326 e. The van der Waals surface area contributed by atoms with Crippen molar-refractivity contribution in [3.05, 3.63) is 23.8 Å². The molecule has 0 aromatic heterocycles. The Balaban J connectivity index is 1.67. The van der Waals surface area contributed by atoms with E-state index in [2.05, 4.69) is 8.73 Å². The molecule has 7 heteroatoms. The number of carboxylic acids is 1. The summed E-state index contributed by atoms with van der Waals surface area (Å²) in [4.78, 5) is 26.3. The SMILES string of the molecule is O=C(O)C1CC2CCCCC2N1C(=O)c1ccc2c(c1)N=S=N2. The molecule has 2 aliphatic heterocycles. The highest BCUT2D eigenvalue weighted by atomic mass is 32.1. The van der Waals surface area contributed by atoms with Gasteiger partial charge in [-0.2, -0.15) is 8.73 Å². The second kappa shape index (κ2) is 5.56. The Morgan fingerprint density at radius 3 is 2.78 bits per heavy atom. The maximum Gasteiger partial charge on any atom is 0.326 e. The lowest BCUT2D eigenvalue weighted by Gasteiger charge is -2.33. The second-order valence-electron chi connectivity index (χ2n) is 6.38. The van der Waals surface area contributed by atoms with Gasteiger partial charge in [-0.1, -0.05) is 12.8 Å². The molecule has 1 N–H and O–H groups in total. The van der Waals surface area contributed by atoms with Gasteiger partial charge in [-0.25, -0.2) is 4.79 Å². The summed E-state index contributed by atoms with van der Waals surface area (Å²) in [6.07, 6.45) is 4.69. The Kier molecular flexibility index (Phi) is 3.52. The van der Waals surface area contributed by atoms with Gasteiger partial charge in [-0.15, -0.1) is 0 Å². The van der Waals surface area contributed by atoms with E-state index in [1.165, 1.54) is 0 Å². The third-order valence-corrected chi connectivity index (χ3v) is 5.67. The van der Waals surface area contributed by atoms with Crippen LogP contribution in [0.2, 0.25) is 0 Å². The fraction of sp³-hybridized carbons (Fsp3) is 0.500. The van der Waals surface area contributed by atoms with Gasteiger partial charge in [0.05, 0.1) is 11.4 Å². The summed E-state index contributed by atoms with van der Waals surface area (Å²) in [7, 11) is 0. The number of carbonyl (C=O) groups excluding carboxylic acids is 1. The Labute approximate surface area is 137 Å². The van der Waals surface area contributed by atoms with Crippen LogP contribution in [0.4, 0.5) is 11.4 Å². The fourth-order valence-electron chi connectivity index (χ4n) is 4.04. The van der Waals surface area contributed by atoms with Gasteiger partial charge in [-0.3, -0.25) is 4.79 Å². The molecule has 1 aliphatic carbocycles. The minimum atomic E-state index is -0.899. The maximum absolute atomic E-state index is 13.0. The fourth-order valence-corrected chi connectivity index (χ4v) is 4.55. The number of benzene rings is 1. The first-order chi connectivity index (χ1) is 11.1. The Morgan fingerprint density at radius 2 is 1.96 bits per heavy atom. The maximum atomic E-state index is 13.0. The second-order valence-corrected chi connectivity index (χ2v) is 6.91. The van der Waals surface area contributed by atoms with Crippen molar-refractivity contribution in [2.75, 3.05) is 0 Å². The van der Waals surface area contributed by atoms with Crippen LogP contribution in [0.1, 0.15) is 42.5 Å². The van der Waals surface area contributed by atoms with Crippen molar-refractivity contribution in [3.63, 3.8) is 0 Å². The number of rotatable bonds is 2. The molecule has 1 aromatic rings. The molecule has 1 saturated carbocycles. The minimum absolute atomic E-state index is 0.0570. The summed E-state index contributed by atoms with van der Waals surface area (Å²) in [6.45, 7) is 0. The highest BCUT2D eigenvalue weighted by Gasteiger charge is 2.47. The van der Waals surface area contributed by atoms with Gasteiger partial charge in [-0.05, 0) is 43.4 Å². The van der Waals surface area contributed by atoms with Crippen LogP contribution in [0.5, 0.6) is 0 Å². The number of amides is 1. The van der Waals surface area contributed by atoms with E-state index in [1.807, 2.05) is 0 Å². The molecular formula is C16H17N3O3S. The van der Waals surface area contributed by atoms with Crippen LogP contribution < -0.4 is 0 Å². The van der Waals surface area contributed by atoms with E-state index in [4.69, 9.17) is 0 Å². The van der Waals surface area contributed by atoms with Crippen molar-refractivity contribution in [2.45, 2.75) is 44.2 Å². The quantitative estimate of drug-likeness (QED) is 0.917. The number of aliphatic carboxylic acids is 1. The average Bonchev–Trinajstić information content (AvgIpc) is 3.17. The Bertz CT molecular complexity index is 757. The summed E-state index contributed by atoms with van der Waals surface area (Å²) in [5, 5.41) is 9.55. The zero-order valence-corrected chi connectivity index (χ0v) is 13.3. The number of nitrogens with zero attached hydrogens (tertiary/aromatic N) is 3. The lowest BCUT2D eigenvalue weighted by Crippen LogP contribution is -2.46. The number of hydrogen-bond donors (Lipinski definition) is 1. The predicted molar refractivity (Wildman–Crippen MR) is 85.9 cm³/mol. The Morgan fingerprint density at radius 1 is 1.17 bits per heavy atom. The number of carboxylic acid groups (broad SMARTS) is 1. The molecule has 1 amide bonds. The number of carbonyl (C=O) groups is 2. The van der Waals surface area contributed by atoms with Crippen LogP contribution in [-0.4, -0.2) is 34.0 Å². The molecule has 1 saturated heterocycles. The van der Waals surface area contributed by atoms with E-state index in [0.29, 0.717) is 23.6 Å². The zero-order valence-electron chi connectivity index (χ0n) is 12.5. The number of likely N-dealkylation sites (tertiary alicyclic amines) is 1. The predicted octanol–water partition coefficient (Wildman–Crippen LogP) is 3.27. The number of hydrogen-bond acceptors (Lipinski definition) is 4. The van der Waals surface area contributed by atoms with Crippen molar-refractivity contribution < 1.29 is 14.7 Å². The van der Waals surface area contributed by atoms with E-state index < -0.39 is 12.0 Å². The molecule has 120 valence electrons. The summed E-state index contributed by atoms with van der Waals surface area (Å²) < 4.78 is 8.30. The molecule has 1 aromatic carbocycles. The van der Waals surface area contributed by atoms with Crippen LogP contribution >= 0.6 is 0 Å². The van der Waals surface area contributed by atoms with Gasteiger partial charge in [0, 0.05) is 11.6 Å². The Hall–Kier alpha value is -2.02. The summed E-state index contributed by atoms with van der Waals surface area (Å²) in [6, 6.07) is 4.56. The van der Waals surface area contributed by atoms with Crippen LogP contribution in [0.3, 0.4) is 0 Å². The van der Waals surface area contributed by atoms with Gasteiger partial charge in [0.1, 0.15) is 17.4 Å². The number of fused-ring (bicyclic) bond motifs is 2. The van der Waals surface area contributed by atoms with Gasteiger partial charge < -0.3 is 10.0 Å². The third-order valence-electron chi connectivity index (χ3n) is 5.11. The van der Waals surface area contributed by atoms with Crippen LogP contribution in [0.25, 0.3) is 0 Å². The van der Waals surface area contributed by atoms with Crippen LogP contribution in [0, 0.1) is 5.92 Å². The van der Waals surface area contributed by atoms with E-state index in [1.54, 1.807) is 23.1 Å². The first kappa shape index (κ1) is 14.6. The molecule has 3 atom stereocenters. The van der Waals surface area contributed by atoms with E-state index in [-0.39, 0.29) is 11.9 Å². The van der Waals surface area contributed by atoms with Crippen molar-refractivity contribution in [1.82, 2.24) is 4.90 Å². The molecule has 0 bridgehead atoms. The summed E-state index contributed by atoms with van der Waals surface area (Å²) in [5.74, 6) is -0.774. The first-order valence-electron chi connectivity index (χ1n) is 7.93. The average molecular weight is 331 g/mol. The van der Waals surface area contributed by atoms with Crippen molar-refractivity contribution >= 4 is 34.6 Å². The van der Waals surface area contributed by atoms with Gasteiger partial charge >= 0.3 is 5.97 Å². The highest BCUT2D eigenvalue weighted by molar-refractivity contribution is 7.58. The molecule has 3 aliphatic rings. The largest absolute Gasteiger partial charge is 0.480 e. The molecule has 6 nitrogen and oxygen atoms in total. The molecule has 2 fully saturated rings. The monoisotopic (exact) mass is 331 g/mol. The molecular weight excluding hydrogens is 314 g/mol. The first-order valence-corrected chi connectivity index (χ1v) is 8.66. The normalized spacial score (nSPS) is 28.2. The molecule has 0 radical (unpaired) electrons. The van der Waals surface area contributed by atoms with Gasteiger partial charge in [0.2, 0.25) is 0 Å². The van der Waals surface area contributed by atoms with Crippen LogP contribution in [-0.2, 0) is 16.1 Å². The highest BCUT2D eigenvalue weighted by Crippen LogP contribution is 2.41. The van der Waals surface area contributed by atoms with E-state index in [0.717, 1.165) is 42.7 Å². The standard InChI is InChI=1S/C16H17N3O3S/c20-15(10-5-6-11-12(7-10)18-23-17-11)19-13-4-2-1-3-9(13)8-14(19)16(21)22/h5-7,9,13-14H,1-4,8H2,(H,21,22). The van der Waals surface area contributed by atoms with Crippen molar-refractivity contribution in [1.29, 1.82) is 0 Å². The molecule has 2 heterocycles. The topological polar surface area (TPSA) is 82.3 Å². The minimum Gasteiger partial charge on any atom is -0.480 e. The van der Waals surface area contributed by atoms with E-state index >= 15 is 0 Å². The molecule has 4 rings (SSSR count). The molecule has 3 unspecified atom stereocenters. The lowest BCUT2D eigenvalue weighted by molar-refractivity contribution is -0.141. The van der Waals surface area contributed by atoms with Gasteiger partial charge in [0.25, 0.3) is 5.91 Å².